The first-order valence-corrected chi connectivity index (χ1v) is 19.4. The summed E-state index contributed by atoms with van der Waals surface area (Å²) < 4.78 is 0. The standard InChI is InChI=1S/C35H52N6O4S2/c1-46-24-30(39-33(43)29(23-26-12-6-3-7-13-26)40-35(45)41-19-15-27(36)16-20-41)34(44)38-28(22-25-10-4-2-5-11-25)31(42)17-21-47-32-14-8-9-18-37-32/h3,6-9,12-14,18,25,27-31,42H,2,4-5,10-11,15-17,19-24,36H2,1H3,(H,38,44)(H,39,43)(H,40,45)/t28-,29-,30-,31-/m0/s1. The normalized spacial score (nSPS) is 18.5. The molecule has 6 N–H and O–H groups in total. The highest BCUT2D eigenvalue weighted by Crippen LogP contribution is 2.29. The molecule has 1 aromatic heterocycles. The molecule has 1 aliphatic carbocycles. The molecule has 0 bridgehead atoms. The smallest absolute Gasteiger partial charge is 0.318 e. The molecule has 258 valence electrons. The second kappa shape index (κ2) is 19.9. The van der Waals surface area contributed by atoms with Crippen molar-refractivity contribution in [3.05, 3.63) is 60.3 Å². The molecule has 47 heavy (non-hydrogen) atoms. The number of amides is 4. The second-order valence-corrected chi connectivity index (χ2v) is 14.8. The third-order valence-electron chi connectivity index (χ3n) is 9.10. The molecule has 1 saturated heterocycles. The Balaban J connectivity index is 1.42. The molecule has 10 nitrogen and oxygen atoms in total. The summed E-state index contributed by atoms with van der Waals surface area (Å²) in [4.78, 5) is 46.9. The van der Waals surface area contributed by atoms with Crippen LogP contribution in [0.3, 0.4) is 0 Å². The maximum Gasteiger partial charge on any atom is 0.318 e. The number of carbonyl (C=O) groups excluding carboxylic acids is 3. The van der Waals surface area contributed by atoms with Crippen molar-refractivity contribution < 1.29 is 19.5 Å². The molecule has 0 radical (unpaired) electrons. The fourth-order valence-electron chi connectivity index (χ4n) is 6.32. The molecule has 1 saturated carbocycles. The fraction of sp³-hybridized carbons (Fsp3) is 0.600. The van der Waals surface area contributed by atoms with Crippen LogP contribution in [-0.2, 0) is 16.0 Å². The summed E-state index contributed by atoms with van der Waals surface area (Å²) in [6, 6.07) is 12.9. The lowest BCUT2D eigenvalue weighted by atomic mass is 9.83. The number of piperidine rings is 1. The van der Waals surface area contributed by atoms with Gasteiger partial charge in [0, 0.05) is 43.3 Å². The Morgan fingerprint density at radius 2 is 1.64 bits per heavy atom. The Morgan fingerprint density at radius 1 is 0.936 bits per heavy atom. The van der Waals surface area contributed by atoms with Gasteiger partial charge in [0.25, 0.3) is 0 Å². The number of nitrogens with one attached hydrogen (secondary N) is 3. The summed E-state index contributed by atoms with van der Waals surface area (Å²) in [7, 11) is 0. The maximum absolute atomic E-state index is 13.8. The minimum atomic E-state index is -0.870. The van der Waals surface area contributed by atoms with Crippen LogP contribution in [-0.4, -0.2) is 94.0 Å². The maximum atomic E-state index is 13.8. The number of likely N-dealkylation sites (tertiary alicyclic amines) is 1. The molecular weight excluding hydrogens is 633 g/mol. The van der Waals surface area contributed by atoms with Gasteiger partial charge in [0.2, 0.25) is 11.8 Å². The number of rotatable bonds is 16. The number of nitrogens with zero attached hydrogens (tertiary/aromatic N) is 2. The Bertz CT molecular complexity index is 1230. The summed E-state index contributed by atoms with van der Waals surface area (Å²) in [6.45, 7) is 1.07. The average Bonchev–Trinajstić information content (AvgIpc) is 3.09. The van der Waals surface area contributed by atoms with Gasteiger partial charge in [-0.15, -0.1) is 11.8 Å². The van der Waals surface area contributed by atoms with Crippen molar-refractivity contribution in [1.29, 1.82) is 0 Å². The van der Waals surface area contributed by atoms with E-state index in [0.29, 0.717) is 56.2 Å². The molecular formula is C35H52N6O4S2. The number of nitrogens with two attached hydrogens (primary N) is 1. The van der Waals surface area contributed by atoms with Gasteiger partial charge in [-0.1, -0.05) is 68.5 Å². The zero-order chi connectivity index (χ0) is 33.4. The number of pyridine rings is 1. The molecule has 12 heteroatoms. The van der Waals surface area contributed by atoms with E-state index >= 15 is 0 Å². The van der Waals surface area contributed by atoms with Crippen LogP contribution >= 0.6 is 23.5 Å². The van der Waals surface area contributed by atoms with Crippen molar-refractivity contribution >= 4 is 41.4 Å². The third-order valence-corrected chi connectivity index (χ3v) is 10.7. The predicted octanol–water partition coefficient (Wildman–Crippen LogP) is 3.97. The zero-order valence-corrected chi connectivity index (χ0v) is 29.2. The van der Waals surface area contributed by atoms with E-state index in [9.17, 15) is 19.5 Å². The van der Waals surface area contributed by atoms with Crippen LogP contribution in [0.15, 0.2) is 59.8 Å². The van der Waals surface area contributed by atoms with E-state index in [1.807, 2.05) is 54.8 Å². The monoisotopic (exact) mass is 684 g/mol. The number of urea groups is 1. The number of hydrogen-bond acceptors (Lipinski definition) is 8. The summed E-state index contributed by atoms with van der Waals surface area (Å²) in [5, 5.41) is 21.3. The van der Waals surface area contributed by atoms with Gasteiger partial charge in [-0.05, 0) is 55.6 Å². The van der Waals surface area contributed by atoms with Crippen LogP contribution in [0.2, 0.25) is 0 Å². The van der Waals surface area contributed by atoms with Crippen molar-refractivity contribution in [2.24, 2.45) is 11.7 Å². The average molecular weight is 685 g/mol. The van der Waals surface area contributed by atoms with Crippen molar-refractivity contribution in [3.63, 3.8) is 0 Å². The van der Waals surface area contributed by atoms with Gasteiger partial charge in [-0.2, -0.15) is 11.8 Å². The molecule has 2 heterocycles. The molecule has 1 aliphatic heterocycles. The van der Waals surface area contributed by atoms with Crippen molar-refractivity contribution in [1.82, 2.24) is 25.8 Å². The minimum Gasteiger partial charge on any atom is -0.391 e. The Kier molecular flexibility index (Phi) is 15.7. The first-order valence-electron chi connectivity index (χ1n) is 17.0. The molecule has 0 unspecified atom stereocenters. The molecule has 2 aromatic rings. The van der Waals surface area contributed by atoms with E-state index in [-0.39, 0.29) is 24.4 Å². The summed E-state index contributed by atoms with van der Waals surface area (Å²) in [5.41, 5.74) is 6.93. The van der Waals surface area contributed by atoms with E-state index in [1.54, 1.807) is 22.9 Å². The molecule has 2 aliphatic rings. The van der Waals surface area contributed by atoms with Crippen molar-refractivity contribution in [3.8, 4) is 0 Å². The zero-order valence-electron chi connectivity index (χ0n) is 27.5. The highest BCUT2D eigenvalue weighted by Gasteiger charge is 2.32. The lowest BCUT2D eigenvalue weighted by Crippen LogP contribution is -2.59. The van der Waals surface area contributed by atoms with E-state index in [0.717, 1.165) is 23.4 Å². The third kappa shape index (κ3) is 12.6. The Labute approximate surface area is 288 Å². The molecule has 4 rings (SSSR count). The quantitative estimate of drug-likeness (QED) is 0.167. The number of aromatic nitrogens is 1. The van der Waals surface area contributed by atoms with Crippen LogP contribution < -0.4 is 21.7 Å². The second-order valence-electron chi connectivity index (χ2n) is 12.8. The summed E-state index contributed by atoms with van der Waals surface area (Å²) >= 11 is 3.04. The van der Waals surface area contributed by atoms with Gasteiger partial charge in [0.05, 0.1) is 17.2 Å². The van der Waals surface area contributed by atoms with E-state index < -0.39 is 30.1 Å². The van der Waals surface area contributed by atoms with Crippen molar-refractivity contribution in [2.45, 2.75) is 99.5 Å². The van der Waals surface area contributed by atoms with Crippen molar-refractivity contribution in [2.75, 3.05) is 30.9 Å². The Morgan fingerprint density at radius 3 is 2.32 bits per heavy atom. The Hall–Kier alpha value is -2.80. The van der Waals surface area contributed by atoms with Crippen LogP contribution in [0.1, 0.15) is 63.4 Å². The van der Waals surface area contributed by atoms with Crippen LogP contribution in [0.25, 0.3) is 0 Å². The van der Waals surface area contributed by atoms with Crippen LogP contribution in [0.5, 0.6) is 0 Å². The number of hydrogen-bond donors (Lipinski definition) is 5. The first kappa shape index (κ1) is 37.0. The lowest BCUT2D eigenvalue weighted by molar-refractivity contribution is -0.130. The highest BCUT2D eigenvalue weighted by molar-refractivity contribution is 7.99. The minimum absolute atomic E-state index is 0.0772. The molecule has 1 aromatic carbocycles. The van der Waals surface area contributed by atoms with E-state index in [2.05, 4.69) is 20.9 Å². The number of benzene rings is 1. The fourth-order valence-corrected chi connectivity index (χ4v) is 7.77. The first-order chi connectivity index (χ1) is 22.8. The summed E-state index contributed by atoms with van der Waals surface area (Å²) in [6.07, 6.45) is 11.6. The number of thioether (sulfide) groups is 2. The van der Waals surface area contributed by atoms with Gasteiger partial charge in [-0.3, -0.25) is 9.59 Å². The van der Waals surface area contributed by atoms with E-state index in [1.165, 1.54) is 31.0 Å². The van der Waals surface area contributed by atoms with Gasteiger partial charge >= 0.3 is 6.03 Å². The predicted molar refractivity (Wildman–Crippen MR) is 190 cm³/mol. The van der Waals surface area contributed by atoms with Crippen LogP contribution in [0, 0.1) is 5.92 Å². The lowest BCUT2D eigenvalue weighted by Gasteiger charge is -2.32. The van der Waals surface area contributed by atoms with Gasteiger partial charge in [-0.25, -0.2) is 9.78 Å². The van der Waals surface area contributed by atoms with Gasteiger partial charge in [0.1, 0.15) is 12.1 Å². The largest absolute Gasteiger partial charge is 0.391 e. The SMILES string of the molecule is CSC[C@H](NC(=O)[C@H](Cc1ccccc1)NC(=O)N1CCC(N)CC1)C(=O)N[C@@H](CC1CCCCC1)[C@@H](O)CCSc1ccccn1. The molecule has 4 amide bonds. The molecule has 0 spiro atoms. The number of carbonyl (C=O) groups is 3. The summed E-state index contributed by atoms with van der Waals surface area (Å²) in [5.74, 6) is 0.732. The molecule has 4 atom stereocenters. The van der Waals surface area contributed by atoms with Gasteiger partial charge in [0.15, 0.2) is 0 Å². The van der Waals surface area contributed by atoms with Crippen LogP contribution in [0.4, 0.5) is 4.79 Å². The highest BCUT2D eigenvalue weighted by atomic mass is 32.2. The van der Waals surface area contributed by atoms with E-state index in [4.69, 9.17) is 5.73 Å². The number of aliphatic hydroxyl groups is 1. The molecule has 2 fully saturated rings. The number of aliphatic hydroxyl groups excluding tert-OH is 1. The van der Waals surface area contributed by atoms with Gasteiger partial charge < -0.3 is 31.7 Å². The topological polar surface area (TPSA) is 150 Å².